The number of rotatable bonds is 3. The van der Waals surface area contributed by atoms with Crippen molar-refractivity contribution in [3.05, 3.63) is 48.0 Å². The molecule has 0 aromatic heterocycles. The lowest BCUT2D eigenvalue weighted by Gasteiger charge is -2.27. The Bertz CT molecular complexity index is 620. The molecule has 0 spiro atoms. The number of Topliss-reactive ketones (excluding diaryl/α,β-unsaturated/α-hetero) is 1. The lowest BCUT2D eigenvalue weighted by atomic mass is 9.96. The molecule has 0 aliphatic carbocycles. The van der Waals surface area contributed by atoms with Crippen molar-refractivity contribution in [3.8, 4) is 0 Å². The van der Waals surface area contributed by atoms with Gasteiger partial charge in [-0.25, -0.2) is 0 Å². The number of benzene rings is 2. The van der Waals surface area contributed by atoms with Crippen LogP contribution in [0.3, 0.4) is 0 Å². The molecular formula is C17H18O3. The summed E-state index contributed by atoms with van der Waals surface area (Å²) in [5, 5.41) is 12.0. The zero-order valence-electron chi connectivity index (χ0n) is 11.3. The SMILES string of the molecule is O=C(C[C@@H]1OCCC[C@@H]1O)c1ccc2ccccc2c1. The molecule has 0 saturated carbocycles. The molecule has 3 nitrogen and oxygen atoms in total. The average molecular weight is 270 g/mol. The van der Waals surface area contributed by atoms with Crippen molar-refractivity contribution in [2.75, 3.05) is 6.61 Å². The van der Waals surface area contributed by atoms with Gasteiger partial charge in [0.1, 0.15) is 0 Å². The first-order valence-corrected chi connectivity index (χ1v) is 7.06. The molecule has 20 heavy (non-hydrogen) atoms. The van der Waals surface area contributed by atoms with Gasteiger partial charge in [0.25, 0.3) is 0 Å². The zero-order chi connectivity index (χ0) is 13.9. The van der Waals surface area contributed by atoms with E-state index in [4.69, 9.17) is 4.74 Å². The molecule has 1 aliphatic rings. The zero-order valence-corrected chi connectivity index (χ0v) is 11.3. The van der Waals surface area contributed by atoms with E-state index in [2.05, 4.69) is 0 Å². The van der Waals surface area contributed by atoms with Crippen LogP contribution in [0.25, 0.3) is 10.8 Å². The van der Waals surface area contributed by atoms with E-state index in [1.165, 1.54) is 0 Å². The van der Waals surface area contributed by atoms with Crippen LogP contribution in [-0.4, -0.2) is 29.7 Å². The highest BCUT2D eigenvalue weighted by atomic mass is 16.5. The van der Waals surface area contributed by atoms with Gasteiger partial charge < -0.3 is 9.84 Å². The van der Waals surface area contributed by atoms with Crippen LogP contribution in [0.5, 0.6) is 0 Å². The van der Waals surface area contributed by atoms with Gasteiger partial charge in [-0.1, -0.05) is 36.4 Å². The molecule has 0 bridgehead atoms. The molecule has 2 atom stereocenters. The summed E-state index contributed by atoms with van der Waals surface area (Å²) in [6.07, 6.45) is 0.952. The van der Waals surface area contributed by atoms with Crippen LogP contribution in [0.1, 0.15) is 29.6 Å². The van der Waals surface area contributed by atoms with Crippen LogP contribution in [0.2, 0.25) is 0 Å². The summed E-state index contributed by atoms with van der Waals surface area (Å²) in [5.41, 5.74) is 0.685. The minimum absolute atomic E-state index is 0.0294. The lowest BCUT2D eigenvalue weighted by molar-refractivity contribution is -0.0724. The highest BCUT2D eigenvalue weighted by Crippen LogP contribution is 2.21. The number of carbonyl (C=O) groups excluding carboxylic acids is 1. The number of aliphatic hydroxyl groups excluding tert-OH is 1. The minimum Gasteiger partial charge on any atom is -0.390 e. The van der Waals surface area contributed by atoms with Gasteiger partial charge in [0.05, 0.1) is 12.2 Å². The van der Waals surface area contributed by atoms with Gasteiger partial charge in [0, 0.05) is 18.6 Å². The van der Waals surface area contributed by atoms with Gasteiger partial charge >= 0.3 is 0 Å². The number of hydrogen-bond acceptors (Lipinski definition) is 3. The quantitative estimate of drug-likeness (QED) is 0.872. The van der Waals surface area contributed by atoms with Gasteiger partial charge in [0.15, 0.2) is 5.78 Å². The summed E-state index contributed by atoms with van der Waals surface area (Å²) < 4.78 is 5.50. The van der Waals surface area contributed by atoms with Gasteiger partial charge in [-0.3, -0.25) is 4.79 Å². The molecule has 1 fully saturated rings. The van der Waals surface area contributed by atoms with E-state index in [0.29, 0.717) is 12.2 Å². The first kappa shape index (κ1) is 13.3. The predicted molar refractivity (Wildman–Crippen MR) is 77.9 cm³/mol. The van der Waals surface area contributed by atoms with Crippen molar-refractivity contribution in [1.82, 2.24) is 0 Å². The molecule has 0 radical (unpaired) electrons. The van der Waals surface area contributed by atoms with Crippen LogP contribution >= 0.6 is 0 Å². The van der Waals surface area contributed by atoms with Gasteiger partial charge in [-0.05, 0) is 29.7 Å². The Labute approximate surface area is 118 Å². The van der Waals surface area contributed by atoms with E-state index < -0.39 is 6.10 Å². The van der Waals surface area contributed by atoms with Crippen molar-refractivity contribution in [2.24, 2.45) is 0 Å². The Kier molecular flexibility index (Phi) is 3.81. The summed E-state index contributed by atoms with van der Waals surface area (Å²) in [5.74, 6) is 0.0294. The third-order valence-corrected chi connectivity index (χ3v) is 3.86. The molecule has 1 heterocycles. The summed E-state index contributed by atoms with van der Waals surface area (Å²) >= 11 is 0. The predicted octanol–water partition coefficient (Wildman–Crippen LogP) is 2.95. The summed E-state index contributed by atoms with van der Waals surface area (Å²) in [7, 11) is 0. The molecule has 1 aliphatic heterocycles. The second-order valence-electron chi connectivity index (χ2n) is 5.31. The minimum atomic E-state index is -0.520. The number of hydrogen-bond donors (Lipinski definition) is 1. The first-order chi connectivity index (χ1) is 9.74. The summed E-state index contributed by atoms with van der Waals surface area (Å²) in [4.78, 5) is 12.3. The number of ketones is 1. The largest absolute Gasteiger partial charge is 0.390 e. The normalized spacial score (nSPS) is 22.9. The third-order valence-electron chi connectivity index (χ3n) is 3.86. The molecule has 2 aromatic carbocycles. The molecule has 2 aromatic rings. The monoisotopic (exact) mass is 270 g/mol. The van der Waals surface area contributed by atoms with E-state index in [9.17, 15) is 9.90 Å². The van der Waals surface area contributed by atoms with Crippen LogP contribution in [0, 0.1) is 0 Å². The maximum atomic E-state index is 12.3. The molecular weight excluding hydrogens is 252 g/mol. The van der Waals surface area contributed by atoms with Crippen LogP contribution in [0.4, 0.5) is 0 Å². The smallest absolute Gasteiger partial charge is 0.165 e. The maximum Gasteiger partial charge on any atom is 0.165 e. The summed E-state index contributed by atoms with van der Waals surface area (Å²) in [6.45, 7) is 0.632. The van der Waals surface area contributed by atoms with Gasteiger partial charge in [-0.2, -0.15) is 0 Å². The Morgan fingerprint density at radius 2 is 2.00 bits per heavy atom. The third kappa shape index (κ3) is 2.74. The Morgan fingerprint density at radius 3 is 2.80 bits per heavy atom. The number of fused-ring (bicyclic) bond motifs is 1. The fourth-order valence-electron chi connectivity index (χ4n) is 2.68. The topological polar surface area (TPSA) is 46.5 Å². The average Bonchev–Trinajstić information content (AvgIpc) is 2.49. The fraction of sp³-hybridized carbons (Fsp3) is 0.353. The highest BCUT2D eigenvalue weighted by Gasteiger charge is 2.26. The van der Waals surface area contributed by atoms with E-state index in [1.54, 1.807) is 0 Å². The molecule has 0 amide bonds. The Morgan fingerprint density at radius 1 is 1.20 bits per heavy atom. The second-order valence-corrected chi connectivity index (χ2v) is 5.31. The Balaban J connectivity index is 1.78. The van der Waals surface area contributed by atoms with Crippen molar-refractivity contribution >= 4 is 16.6 Å². The molecule has 1 N–H and O–H groups in total. The fourth-order valence-corrected chi connectivity index (χ4v) is 2.68. The van der Waals surface area contributed by atoms with E-state index in [0.717, 1.165) is 23.6 Å². The highest BCUT2D eigenvalue weighted by molar-refractivity contribution is 6.00. The van der Waals surface area contributed by atoms with Gasteiger partial charge in [0.2, 0.25) is 0 Å². The van der Waals surface area contributed by atoms with Crippen molar-refractivity contribution in [1.29, 1.82) is 0 Å². The molecule has 0 unspecified atom stereocenters. The molecule has 3 rings (SSSR count). The standard InChI is InChI=1S/C17H18O3/c18-15-6-3-9-20-17(15)11-16(19)14-8-7-12-4-1-2-5-13(12)10-14/h1-2,4-5,7-8,10,15,17-18H,3,6,9,11H2/t15-,17-/m0/s1. The molecule has 1 saturated heterocycles. The Hall–Kier alpha value is -1.71. The first-order valence-electron chi connectivity index (χ1n) is 7.06. The van der Waals surface area contributed by atoms with Crippen LogP contribution < -0.4 is 0 Å². The van der Waals surface area contributed by atoms with Crippen LogP contribution in [-0.2, 0) is 4.74 Å². The van der Waals surface area contributed by atoms with Crippen LogP contribution in [0.15, 0.2) is 42.5 Å². The van der Waals surface area contributed by atoms with Crippen molar-refractivity contribution < 1.29 is 14.6 Å². The molecule has 104 valence electrons. The number of carbonyl (C=O) groups is 1. The van der Waals surface area contributed by atoms with Crippen molar-refractivity contribution in [2.45, 2.75) is 31.5 Å². The van der Waals surface area contributed by atoms with E-state index in [-0.39, 0.29) is 18.3 Å². The number of aliphatic hydroxyl groups is 1. The van der Waals surface area contributed by atoms with E-state index >= 15 is 0 Å². The lowest BCUT2D eigenvalue weighted by Crippen LogP contribution is -2.35. The number of ether oxygens (including phenoxy) is 1. The van der Waals surface area contributed by atoms with Crippen molar-refractivity contribution in [3.63, 3.8) is 0 Å². The second kappa shape index (κ2) is 5.73. The summed E-state index contributed by atoms with van der Waals surface area (Å²) in [6, 6.07) is 13.7. The maximum absolute atomic E-state index is 12.3. The van der Waals surface area contributed by atoms with E-state index in [1.807, 2.05) is 42.5 Å². The molecule has 3 heteroatoms. The van der Waals surface area contributed by atoms with Gasteiger partial charge in [-0.15, -0.1) is 0 Å².